The van der Waals surface area contributed by atoms with Gasteiger partial charge in [-0.05, 0) is 20.8 Å². The summed E-state index contributed by atoms with van der Waals surface area (Å²) < 4.78 is 5.23. The van der Waals surface area contributed by atoms with Crippen LogP contribution >= 0.6 is 11.8 Å². The molecule has 0 bridgehead atoms. The second-order valence-electron chi connectivity index (χ2n) is 5.75. The Morgan fingerprint density at radius 3 is 2.10 bits per heavy atom. The highest BCUT2D eigenvalue weighted by atomic mass is 32.2. The van der Waals surface area contributed by atoms with Crippen LogP contribution in [0, 0.1) is 0 Å². The number of rotatable bonds is 6. The third kappa shape index (κ3) is 7.79. The van der Waals surface area contributed by atoms with E-state index in [4.69, 9.17) is 9.84 Å². The van der Waals surface area contributed by atoms with Gasteiger partial charge < -0.3 is 14.7 Å². The van der Waals surface area contributed by atoms with Crippen molar-refractivity contribution in [3.8, 4) is 0 Å². The number of hydrogen-bond donors (Lipinski definition) is 1. The molecule has 0 aromatic heterocycles. The second-order valence-corrected chi connectivity index (χ2v) is 6.78. The molecule has 0 rings (SSSR count). The van der Waals surface area contributed by atoms with Crippen molar-refractivity contribution >= 4 is 29.7 Å². The minimum absolute atomic E-state index is 0.126. The number of ether oxygens (including phenoxy) is 1. The van der Waals surface area contributed by atoms with E-state index in [0.29, 0.717) is 0 Å². The van der Waals surface area contributed by atoms with E-state index in [9.17, 15) is 14.4 Å². The molecule has 0 saturated carbocycles. The molecule has 8 heteroatoms. The molecule has 0 saturated heterocycles. The van der Waals surface area contributed by atoms with E-state index in [1.807, 2.05) is 0 Å². The number of nitrogens with zero attached hydrogens (tertiary/aromatic N) is 2. The largest absolute Gasteiger partial charge is 0.481 e. The van der Waals surface area contributed by atoms with Gasteiger partial charge in [0.1, 0.15) is 11.6 Å². The third-order valence-electron chi connectivity index (χ3n) is 2.38. The number of carboxylic acids is 1. The Balaban J connectivity index is 4.89. The molecule has 0 spiro atoms. The predicted molar refractivity (Wildman–Crippen MR) is 81.4 cm³/mol. The zero-order valence-corrected chi connectivity index (χ0v) is 14.2. The Kier molecular flexibility index (Phi) is 7.56. The maximum atomic E-state index is 12.1. The highest BCUT2D eigenvalue weighted by molar-refractivity contribution is 8.00. The number of aliphatic carboxylic acids is 1. The van der Waals surface area contributed by atoms with Gasteiger partial charge in [0.15, 0.2) is 0 Å². The van der Waals surface area contributed by atoms with Crippen LogP contribution < -0.4 is 0 Å². The second kappa shape index (κ2) is 8.11. The molecule has 21 heavy (non-hydrogen) atoms. The topological polar surface area (TPSA) is 87.2 Å². The molecule has 1 unspecified atom stereocenters. The van der Waals surface area contributed by atoms with Gasteiger partial charge in [-0.25, -0.2) is 4.79 Å². The lowest BCUT2D eigenvalue weighted by molar-refractivity contribution is -0.134. The van der Waals surface area contributed by atoms with Gasteiger partial charge in [-0.2, -0.15) is 0 Å². The van der Waals surface area contributed by atoms with Gasteiger partial charge in [0, 0.05) is 26.9 Å². The first-order chi connectivity index (χ1) is 9.45. The van der Waals surface area contributed by atoms with Crippen LogP contribution in [0.25, 0.3) is 0 Å². The van der Waals surface area contributed by atoms with E-state index in [1.165, 1.54) is 16.8 Å². The number of carbonyl (C=O) groups is 3. The van der Waals surface area contributed by atoms with E-state index in [1.54, 1.807) is 34.9 Å². The smallest absolute Gasteiger partial charge is 0.410 e. The summed E-state index contributed by atoms with van der Waals surface area (Å²) in [5, 5.41) is 8.65. The summed E-state index contributed by atoms with van der Waals surface area (Å²) in [6.07, 6.45) is -0.612. The number of likely N-dealkylation sites (N-methyl/N-ethyl adjacent to an activating group) is 2. The minimum Gasteiger partial charge on any atom is -0.481 e. The maximum absolute atomic E-state index is 12.1. The summed E-state index contributed by atoms with van der Waals surface area (Å²) in [5.74, 6) is -1.17. The molecular weight excluding hydrogens is 296 g/mol. The minimum atomic E-state index is -0.962. The molecule has 122 valence electrons. The Morgan fingerprint density at radius 2 is 1.71 bits per heavy atom. The summed E-state index contributed by atoms with van der Waals surface area (Å²) in [6.45, 7) is 5.21. The van der Waals surface area contributed by atoms with Crippen LogP contribution in [-0.4, -0.2) is 77.2 Å². The molecule has 1 atom stereocenters. The summed E-state index contributed by atoms with van der Waals surface area (Å²) in [5.41, 5.74) is -0.661. The monoisotopic (exact) mass is 320 g/mol. The van der Waals surface area contributed by atoms with Gasteiger partial charge in [0.05, 0.1) is 5.75 Å². The van der Waals surface area contributed by atoms with Crippen molar-refractivity contribution in [2.24, 2.45) is 0 Å². The molecule has 1 N–H and O–H groups in total. The quantitative estimate of drug-likeness (QED) is 0.789. The zero-order valence-electron chi connectivity index (χ0n) is 13.4. The molecule has 0 aliphatic heterocycles. The summed E-state index contributed by atoms with van der Waals surface area (Å²) in [6, 6.07) is -0.765. The number of amides is 2. The number of carboxylic acid groups (broad SMARTS) is 1. The van der Waals surface area contributed by atoms with Crippen molar-refractivity contribution in [3.05, 3.63) is 0 Å². The van der Waals surface area contributed by atoms with E-state index in [-0.39, 0.29) is 17.4 Å². The highest BCUT2D eigenvalue weighted by Crippen LogP contribution is 2.14. The fraction of sp³-hybridized carbons (Fsp3) is 0.769. The van der Waals surface area contributed by atoms with Crippen LogP contribution in [0.15, 0.2) is 0 Å². The van der Waals surface area contributed by atoms with Gasteiger partial charge in [0.2, 0.25) is 5.91 Å². The fourth-order valence-corrected chi connectivity index (χ4v) is 2.25. The SMILES string of the molecule is CN(C)C(=O)C(CSCC(=O)O)N(C)C(=O)OC(C)(C)C. The van der Waals surface area contributed by atoms with Gasteiger partial charge in [-0.15, -0.1) is 11.8 Å². The van der Waals surface area contributed by atoms with Crippen LogP contribution in [0.1, 0.15) is 20.8 Å². The lowest BCUT2D eigenvalue weighted by Gasteiger charge is -2.31. The Hall–Kier alpha value is -1.44. The van der Waals surface area contributed by atoms with Crippen LogP contribution in [0.4, 0.5) is 4.79 Å². The first kappa shape index (κ1) is 19.6. The van der Waals surface area contributed by atoms with E-state index in [0.717, 1.165) is 11.8 Å². The summed E-state index contributed by atoms with van der Waals surface area (Å²) >= 11 is 1.08. The van der Waals surface area contributed by atoms with E-state index >= 15 is 0 Å². The normalized spacial score (nSPS) is 12.5. The molecule has 0 aromatic rings. The molecule has 7 nitrogen and oxygen atoms in total. The van der Waals surface area contributed by atoms with Crippen molar-refractivity contribution < 1.29 is 24.2 Å². The first-order valence-corrected chi connectivity index (χ1v) is 7.57. The first-order valence-electron chi connectivity index (χ1n) is 6.42. The Morgan fingerprint density at radius 1 is 1.19 bits per heavy atom. The van der Waals surface area contributed by atoms with Crippen molar-refractivity contribution in [2.75, 3.05) is 32.6 Å². The third-order valence-corrected chi connectivity index (χ3v) is 3.38. The number of thioether (sulfide) groups is 1. The van der Waals surface area contributed by atoms with Crippen LogP contribution in [0.2, 0.25) is 0 Å². The molecule has 0 aliphatic carbocycles. The molecule has 0 aromatic carbocycles. The fourth-order valence-electron chi connectivity index (χ4n) is 1.37. The summed E-state index contributed by atoms with van der Waals surface area (Å²) in [7, 11) is 4.64. The predicted octanol–water partition coefficient (Wildman–Crippen LogP) is 1.13. The van der Waals surface area contributed by atoms with Crippen LogP contribution in [-0.2, 0) is 14.3 Å². The molecule has 0 fully saturated rings. The zero-order chi connectivity index (χ0) is 16.8. The van der Waals surface area contributed by atoms with Gasteiger partial charge in [-0.1, -0.05) is 0 Å². The number of carbonyl (C=O) groups excluding carboxylic acids is 2. The lowest BCUT2D eigenvalue weighted by atomic mass is 10.2. The lowest BCUT2D eigenvalue weighted by Crippen LogP contribution is -2.50. The van der Waals surface area contributed by atoms with E-state index in [2.05, 4.69) is 0 Å². The average molecular weight is 320 g/mol. The van der Waals surface area contributed by atoms with Crippen LogP contribution in [0.3, 0.4) is 0 Å². The van der Waals surface area contributed by atoms with Crippen molar-refractivity contribution in [1.29, 1.82) is 0 Å². The molecule has 0 aliphatic rings. The highest BCUT2D eigenvalue weighted by Gasteiger charge is 2.31. The van der Waals surface area contributed by atoms with Gasteiger partial charge >= 0.3 is 12.1 Å². The maximum Gasteiger partial charge on any atom is 0.410 e. The van der Waals surface area contributed by atoms with Crippen LogP contribution in [0.5, 0.6) is 0 Å². The Labute approximate surface area is 129 Å². The summed E-state index contributed by atoms with van der Waals surface area (Å²) in [4.78, 5) is 37.3. The van der Waals surface area contributed by atoms with Crippen molar-refractivity contribution in [2.45, 2.75) is 32.4 Å². The van der Waals surface area contributed by atoms with Gasteiger partial charge in [-0.3, -0.25) is 14.5 Å². The molecular formula is C13H24N2O5S. The molecule has 0 radical (unpaired) electrons. The molecule has 2 amide bonds. The number of hydrogen-bond acceptors (Lipinski definition) is 5. The van der Waals surface area contributed by atoms with Crippen molar-refractivity contribution in [1.82, 2.24) is 9.80 Å². The Bertz CT molecular complexity index is 393. The van der Waals surface area contributed by atoms with Gasteiger partial charge in [0.25, 0.3) is 0 Å². The van der Waals surface area contributed by atoms with Crippen molar-refractivity contribution in [3.63, 3.8) is 0 Å². The average Bonchev–Trinajstić information content (AvgIpc) is 2.30. The standard InChI is InChI=1S/C13H24N2O5S/c1-13(2,3)20-12(19)15(6)9(11(18)14(4)5)7-21-8-10(16)17/h9H,7-8H2,1-6H3,(H,16,17). The molecule has 0 heterocycles. The van der Waals surface area contributed by atoms with E-state index < -0.39 is 23.7 Å².